The lowest BCUT2D eigenvalue weighted by atomic mass is 10.1. The highest BCUT2D eigenvalue weighted by molar-refractivity contribution is 7.20. The normalized spacial score (nSPS) is 15.3. The Morgan fingerprint density at radius 3 is 2.37 bits per heavy atom. The van der Waals surface area contributed by atoms with Gasteiger partial charge in [-0.2, -0.15) is 0 Å². The first-order valence-corrected chi connectivity index (χ1v) is 10.2. The van der Waals surface area contributed by atoms with E-state index in [1.807, 2.05) is 36.1 Å². The van der Waals surface area contributed by atoms with Crippen LogP contribution in [0.2, 0.25) is 0 Å². The summed E-state index contributed by atoms with van der Waals surface area (Å²) in [6.45, 7) is 7.67. The molecule has 4 nitrogen and oxygen atoms in total. The summed E-state index contributed by atoms with van der Waals surface area (Å²) >= 11 is 1.62. The van der Waals surface area contributed by atoms with Crippen molar-refractivity contribution in [3.05, 3.63) is 58.7 Å². The van der Waals surface area contributed by atoms with Gasteiger partial charge in [-0.25, -0.2) is 4.98 Å². The molecule has 0 N–H and O–H groups in total. The van der Waals surface area contributed by atoms with Crippen molar-refractivity contribution in [1.82, 2.24) is 9.88 Å². The van der Waals surface area contributed by atoms with Gasteiger partial charge in [0.1, 0.15) is 6.10 Å². The Labute approximate surface area is 163 Å². The van der Waals surface area contributed by atoms with E-state index in [1.165, 1.54) is 21.4 Å². The molecule has 140 valence electrons. The first kappa shape index (κ1) is 18.0. The largest absolute Gasteiger partial charge is 0.467 e. The Hall–Kier alpha value is -2.40. The number of nitrogens with zero attached hydrogens (tertiary/aromatic N) is 2. The minimum Gasteiger partial charge on any atom is -0.467 e. The van der Waals surface area contributed by atoms with Crippen LogP contribution in [0.25, 0.3) is 10.2 Å². The van der Waals surface area contributed by atoms with Crippen molar-refractivity contribution < 1.29 is 9.53 Å². The van der Waals surface area contributed by atoms with Gasteiger partial charge in [-0.3, -0.25) is 4.79 Å². The van der Waals surface area contributed by atoms with Crippen molar-refractivity contribution in [2.75, 3.05) is 13.1 Å². The number of aryl methyl sites for hydroxylation is 3. The number of carbonyl (C=O) groups is 1. The summed E-state index contributed by atoms with van der Waals surface area (Å²) in [7, 11) is 0. The lowest BCUT2D eigenvalue weighted by Gasteiger charge is -2.31. The highest BCUT2D eigenvalue weighted by Gasteiger charge is 2.25. The number of carbonyl (C=O) groups excluding carboxylic acids is 1. The third-order valence-electron chi connectivity index (χ3n) is 5.22. The van der Waals surface area contributed by atoms with Crippen LogP contribution in [0.1, 0.15) is 39.9 Å². The van der Waals surface area contributed by atoms with Crippen molar-refractivity contribution in [2.24, 2.45) is 0 Å². The molecular formula is C22H24N2O2S. The van der Waals surface area contributed by atoms with Gasteiger partial charge >= 0.3 is 0 Å². The summed E-state index contributed by atoms with van der Waals surface area (Å²) in [4.78, 5) is 19.3. The minimum absolute atomic E-state index is 0.111. The first-order chi connectivity index (χ1) is 13.0. The number of benzene rings is 2. The summed E-state index contributed by atoms with van der Waals surface area (Å²) in [6, 6.07) is 12.0. The van der Waals surface area contributed by atoms with E-state index in [0.717, 1.165) is 42.2 Å². The van der Waals surface area contributed by atoms with Crippen LogP contribution < -0.4 is 4.74 Å². The van der Waals surface area contributed by atoms with Crippen molar-refractivity contribution in [3.63, 3.8) is 0 Å². The molecule has 2 aromatic carbocycles. The zero-order valence-electron chi connectivity index (χ0n) is 16.0. The average molecular weight is 381 g/mol. The number of piperidine rings is 1. The Kier molecular flexibility index (Phi) is 4.87. The fraction of sp³-hybridized carbons (Fsp3) is 0.364. The molecule has 0 saturated carbocycles. The van der Waals surface area contributed by atoms with Crippen molar-refractivity contribution in [2.45, 2.75) is 39.7 Å². The highest BCUT2D eigenvalue weighted by atomic mass is 32.1. The predicted octanol–water partition coefficient (Wildman–Crippen LogP) is 4.91. The van der Waals surface area contributed by atoms with Gasteiger partial charge in [-0.1, -0.05) is 41.2 Å². The fourth-order valence-electron chi connectivity index (χ4n) is 3.49. The van der Waals surface area contributed by atoms with Gasteiger partial charge in [0, 0.05) is 31.5 Å². The second kappa shape index (κ2) is 7.31. The van der Waals surface area contributed by atoms with Crippen LogP contribution in [0.15, 0.2) is 36.4 Å². The molecule has 2 heterocycles. The Morgan fingerprint density at radius 2 is 1.70 bits per heavy atom. The number of thiazole rings is 1. The van der Waals surface area contributed by atoms with E-state index < -0.39 is 0 Å². The Morgan fingerprint density at radius 1 is 1.04 bits per heavy atom. The molecule has 1 amide bonds. The van der Waals surface area contributed by atoms with Gasteiger partial charge in [0.05, 0.1) is 10.2 Å². The fourth-order valence-corrected chi connectivity index (χ4v) is 4.52. The number of rotatable bonds is 3. The molecule has 1 aliphatic rings. The van der Waals surface area contributed by atoms with Gasteiger partial charge in [0.15, 0.2) is 0 Å². The molecular weight excluding hydrogens is 356 g/mol. The molecule has 0 unspecified atom stereocenters. The van der Waals surface area contributed by atoms with Gasteiger partial charge < -0.3 is 9.64 Å². The summed E-state index contributed by atoms with van der Waals surface area (Å²) < 4.78 is 7.37. The van der Waals surface area contributed by atoms with Crippen molar-refractivity contribution >= 4 is 27.5 Å². The van der Waals surface area contributed by atoms with Crippen LogP contribution in [0.5, 0.6) is 5.19 Å². The molecule has 1 aliphatic heterocycles. The van der Waals surface area contributed by atoms with Crippen LogP contribution >= 0.6 is 11.3 Å². The predicted molar refractivity (Wildman–Crippen MR) is 110 cm³/mol. The Bertz CT molecular complexity index is 931. The van der Waals surface area contributed by atoms with Gasteiger partial charge in [0.2, 0.25) is 0 Å². The number of aromatic nitrogens is 1. The van der Waals surface area contributed by atoms with E-state index in [9.17, 15) is 4.79 Å². The highest BCUT2D eigenvalue weighted by Crippen LogP contribution is 2.33. The van der Waals surface area contributed by atoms with Gasteiger partial charge in [-0.05, 0) is 44.0 Å². The van der Waals surface area contributed by atoms with Gasteiger partial charge in [-0.15, -0.1) is 0 Å². The minimum atomic E-state index is 0.111. The van der Waals surface area contributed by atoms with Crippen LogP contribution in [0.3, 0.4) is 0 Å². The van der Waals surface area contributed by atoms with Crippen LogP contribution in [-0.2, 0) is 0 Å². The maximum absolute atomic E-state index is 12.6. The molecule has 4 rings (SSSR count). The molecule has 0 atom stereocenters. The topological polar surface area (TPSA) is 42.4 Å². The monoisotopic (exact) mass is 380 g/mol. The number of amides is 1. The van der Waals surface area contributed by atoms with E-state index in [4.69, 9.17) is 9.72 Å². The van der Waals surface area contributed by atoms with E-state index in [2.05, 4.69) is 26.0 Å². The maximum Gasteiger partial charge on any atom is 0.274 e. The molecule has 1 aromatic heterocycles. The maximum atomic E-state index is 12.6. The van der Waals surface area contributed by atoms with Crippen LogP contribution in [0, 0.1) is 20.8 Å². The lowest BCUT2D eigenvalue weighted by Crippen LogP contribution is -2.41. The second-order valence-corrected chi connectivity index (χ2v) is 8.29. The molecule has 27 heavy (non-hydrogen) atoms. The summed E-state index contributed by atoms with van der Waals surface area (Å²) in [5.74, 6) is 0.111. The number of ether oxygens (including phenoxy) is 1. The van der Waals surface area contributed by atoms with Crippen molar-refractivity contribution in [1.29, 1.82) is 0 Å². The smallest absolute Gasteiger partial charge is 0.274 e. The first-order valence-electron chi connectivity index (χ1n) is 9.40. The second-order valence-electron chi connectivity index (χ2n) is 7.33. The van der Waals surface area contributed by atoms with E-state index in [0.29, 0.717) is 0 Å². The van der Waals surface area contributed by atoms with E-state index in [-0.39, 0.29) is 12.0 Å². The number of fused-ring (bicyclic) bond motifs is 1. The Balaban J connectivity index is 1.40. The molecule has 0 radical (unpaired) electrons. The molecule has 1 fully saturated rings. The number of hydrogen-bond acceptors (Lipinski definition) is 4. The quantitative estimate of drug-likeness (QED) is 0.649. The van der Waals surface area contributed by atoms with Gasteiger partial charge in [0.25, 0.3) is 11.1 Å². The summed E-state index contributed by atoms with van der Waals surface area (Å²) in [5, 5.41) is 0.741. The SMILES string of the molecule is Cc1ccc(C(=O)N2CCC(Oc3nc4c(C)ccc(C)c4s3)CC2)cc1. The summed E-state index contributed by atoms with van der Waals surface area (Å²) in [5.41, 5.74) is 5.39. The molecule has 0 spiro atoms. The van der Waals surface area contributed by atoms with E-state index in [1.54, 1.807) is 11.3 Å². The average Bonchev–Trinajstić information content (AvgIpc) is 3.11. The van der Waals surface area contributed by atoms with Crippen molar-refractivity contribution in [3.8, 4) is 5.19 Å². The lowest BCUT2D eigenvalue weighted by molar-refractivity contribution is 0.0595. The number of hydrogen-bond donors (Lipinski definition) is 0. The zero-order chi connectivity index (χ0) is 19.0. The van der Waals surface area contributed by atoms with E-state index >= 15 is 0 Å². The molecule has 0 aliphatic carbocycles. The molecule has 0 bridgehead atoms. The third-order valence-corrected chi connectivity index (χ3v) is 6.30. The zero-order valence-corrected chi connectivity index (χ0v) is 16.8. The molecule has 5 heteroatoms. The summed E-state index contributed by atoms with van der Waals surface area (Å²) in [6.07, 6.45) is 1.80. The third kappa shape index (κ3) is 3.69. The molecule has 1 saturated heterocycles. The van der Waals surface area contributed by atoms with Crippen LogP contribution in [0.4, 0.5) is 0 Å². The molecule has 3 aromatic rings. The number of likely N-dealkylation sites (tertiary alicyclic amines) is 1. The van der Waals surface area contributed by atoms with Crippen LogP contribution in [-0.4, -0.2) is 35.0 Å². The standard InChI is InChI=1S/C22H24N2O2S/c1-14-4-8-17(9-5-14)21(25)24-12-10-18(11-13-24)26-22-23-19-15(2)6-7-16(3)20(19)27-22/h4-9,18H,10-13H2,1-3H3.